The highest BCUT2D eigenvalue weighted by atomic mass is 35.5. The maximum absolute atomic E-state index is 12.3. The van der Waals surface area contributed by atoms with Gasteiger partial charge in [-0.25, -0.2) is 0 Å². The predicted molar refractivity (Wildman–Crippen MR) is 88.9 cm³/mol. The van der Waals surface area contributed by atoms with Crippen LogP contribution in [0.5, 0.6) is 0 Å². The first-order valence-electron chi connectivity index (χ1n) is 7.50. The number of carbonyl (C=O) groups excluding carboxylic acids is 1. The number of carbonyl (C=O) groups is 1. The predicted octanol–water partition coefficient (Wildman–Crippen LogP) is 4.82. The molecule has 0 saturated carbocycles. The van der Waals surface area contributed by atoms with Gasteiger partial charge in [-0.05, 0) is 42.9 Å². The van der Waals surface area contributed by atoms with Gasteiger partial charge in [0.05, 0.1) is 10.0 Å². The lowest BCUT2D eigenvalue weighted by Gasteiger charge is -2.35. The number of rotatable bonds is 2. The van der Waals surface area contributed by atoms with E-state index in [0.29, 0.717) is 16.0 Å². The van der Waals surface area contributed by atoms with Gasteiger partial charge in [-0.3, -0.25) is 4.79 Å². The fourth-order valence-corrected chi connectivity index (χ4v) is 3.14. The summed E-state index contributed by atoms with van der Waals surface area (Å²) in [4.78, 5) is 14.3. The Morgan fingerprint density at radius 1 is 1.19 bits per heavy atom. The summed E-state index contributed by atoms with van der Waals surface area (Å²) in [5.74, 6) is 0.877. The lowest BCUT2D eigenvalue weighted by molar-refractivity contribution is -0.140. The summed E-state index contributed by atoms with van der Waals surface area (Å²) in [5, 5.41) is 1.22. The molecule has 0 bridgehead atoms. The molecular formula is C17H23Cl2NO. The number of likely N-dealkylation sites (tertiary alicyclic amines) is 1. The first kappa shape index (κ1) is 16.6. The molecule has 1 aromatic rings. The van der Waals surface area contributed by atoms with E-state index in [0.717, 1.165) is 32.4 Å². The van der Waals surface area contributed by atoms with E-state index < -0.39 is 0 Å². The van der Waals surface area contributed by atoms with Crippen molar-refractivity contribution in [3.8, 4) is 0 Å². The molecule has 0 aromatic heterocycles. The molecule has 0 unspecified atom stereocenters. The van der Waals surface area contributed by atoms with Crippen LogP contribution in [-0.4, -0.2) is 23.9 Å². The summed E-state index contributed by atoms with van der Waals surface area (Å²) in [6.07, 6.45) is 3.12. The molecule has 0 radical (unpaired) electrons. The SMILES string of the molecule is CC(C)(C)C(=O)N1CCC(Cc2ccc(Cl)c(Cl)c2)CC1. The van der Waals surface area contributed by atoms with E-state index in [2.05, 4.69) is 0 Å². The number of nitrogens with zero attached hydrogens (tertiary/aromatic N) is 1. The molecule has 21 heavy (non-hydrogen) atoms. The van der Waals surface area contributed by atoms with Gasteiger partial charge in [0, 0.05) is 18.5 Å². The smallest absolute Gasteiger partial charge is 0.227 e. The largest absolute Gasteiger partial charge is 0.342 e. The van der Waals surface area contributed by atoms with Crippen LogP contribution in [0.25, 0.3) is 0 Å². The number of piperidine rings is 1. The van der Waals surface area contributed by atoms with E-state index in [4.69, 9.17) is 23.2 Å². The minimum Gasteiger partial charge on any atom is -0.342 e. The van der Waals surface area contributed by atoms with Crippen molar-refractivity contribution in [1.82, 2.24) is 4.90 Å². The molecule has 1 saturated heterocycles. The highest BCUT2D eigenvalue weighted by Crippen LogP contribution is 2.28. The Hall–Kier alpha value is -0.730. The maximum Gasteiger partial charge on any atom is 0.227 e. The molecule has 4 heteroatoms. The van der Waals surface area contributed by atoms with Gasteiger partial charge in [-0.1, -0.05) is 50.0 Å². The molecule has 2 nitrogen and oxygen atoms in total. The number of halogens is 2. The molecule has 1 fully saturated rings. The van der Waals surface area contributed by atoms with Gasteiger partial charge >= 0.3 is 0 Å². The van der Waals surface area contributed by atoms with Crippen molar-refractivity contribution >= 4 is 29.1 Å². The fraction of sp³-hybridized carbons (Fsp3) is 0.588. The summed E-state index contributed by atoms with van der Waals surface area (Å²) < 4.78 is 0. The Balaban J connectivity index is 1.89. The Morgan fingerprint density at radius 3 is 2.33 bits per heavy atom. The topological polar surface area (TPSA) is 20.3 Å². The van der Waals surface area contributed by atoms with Crippen LogP contribution >= 0.6 is 23.2 Å². The van der Waals surface area contributed by atoms with Crippen LogP contribution in [0, 0.1) is 11.3 Å². The van der Waals surface area contributed by atoms with Crippen molar-refractivity contribution in [2.75, 3.05) is 13.1 Å². The van der Waals surface area contributed by atoms with Gasteiger partial charge in [0.2, 0.25) is 5.91 Å². The highest BCUT2D eigenvalue weighted by Gasteiger charge is 2.30. The molecule has 0 atom stereocenters. The van der Waals surface area contributed by atoms with Crippen LogP contribution < -0.4 is 0 Å². The van der Waals surface area contributed by atoms with Crippen LogP contribution in [-0.2, 0) is 11.2 Å². The summed E-state index contributed by atoms with van der Waals surface area (Å²) in [5.41, 5.74) is 0.946. The van der Waals surface area contributed by atoms with Crippen molar-refractivity contribution in [1.29, 1.82) is 0 Å². The third-order valence-corrected chi connectivity index (χ3v) is 4.79. The summed E-state index contributed by atoms with van der Waals surface area (Å²) >= 11 is 12.0. The second-order valence-electron chi connectivity index (χ2n) is 6.94. The van der Waals surface area contributed by atoms with Gasteiger partial charge in [-0.2, -0.15) is 0 Å². The molecule has 2 rings (SSSR count). The van der Waals surface area contributed by atoms with E-state index >= 15 is 0 Å². The van der Waals surface area contributed by atoms with Crippen molar-refractivity contribution in [3.05, 3.63) is 33.8 Å². The van der Waals surface area contributed by atoms with Crippen LogP contribution in [0.1, 0.15) is 39.2 Å². The fourth-order valence-electron chi connectivity index (χ4n) is 2.81. The van der Waals surface area contributed by atoms with Crippen LogP contribution in [0.3, 0.4) is 0 Å². The van der Waals surface area contributed by atoms with Gasteiger partial charge in [0.25, 0.3) is 0 Å². The Morgan fingerprint density at radius 2 is 1.81 bits per heavy atom. The van der Waals surface area contributed by atoms with Gasteiger partial charge in [0.15, 0.2) is 0 Å². The van der Waals surface area contributed by atoms with Crippen LogP contribution in [0.15, 0.2) is 18.2 Å². The molecule has 0 spiro atoms. The quantitative estimate of drug-likeness (QED) is 0.762. The van der Waals surface area contributed by atoms with Crippen molar-refractivity contribution in [3.63, 3.8) is 0 Å². The second kappa shape index (κ2) is 6.58. The van der Waals surface area contributed by atoms with Gasteiger partial charge in [0.1, 0.15) is 0 Å². The lowest BCUT2D eigenvalue weighted by atomic mass is 9.88. The second-order valence-corrected chi connectivity index (χ2v) is 7.75. The third kappa shape index (κ3) is 4.37. The molecule has 1 aliphatic heterocycles. The number of amides is 1. The Bertz CT molecular complexity index is 514. The first-order valence-corrected chi connectivity index (χ1v) is 8.26. The van der Waals surface area contributed by atoms with Crippen LogP contribution in [0.4, 0.5) is 0 Å². The molecule has 0 aliphatic carbocycles. The minimum absolute atomic E-state index is 0.260. The van der Waals surface area contributed by atoms with E-state index in [-0.39, 0.29) is 11.3 Å². The first-order chi connectivity index (χ1) is 9.77. The summed E-state index contributed by atoms with van der Waals surface area (Å²) in [6, 6.07) is 5.86. The molecule has 1 aromatic carbocycles. The summed E-state index contributed by atoms with van der Waals surface area (Å²) in [7, 11) is 0. The van der Waals surface area contributed by atoms with Crippen molar-refractivity contribution in [2.45, 2.75) is 40.0 Å². The maximum atomic E-state index is 12.3. The molecular weight excluding hydrogens is 305 g/mol. The zero-order valence-corrected chi connectivity index (χ0v) is 14.5. The standard InChI is InChI=1S/C17H23Cl2NO/c1-17(2,3)16(21)20-8-6-12(7-9-20)10-13-4-5-14(18)15(19)11-13/h4-5,11-12H,6-10H2,1-3H3. The zero-order chi connectivity index (χ0) is 15.6. The number of hydrogen-bond donors (Lipinski definition) is 0. The van der Waals surface area contributed by atoms with Crippen LogP contribution in [0.2, 0.25) is 10.0 Å². The monoisotopic (exact) mass is 327 g/mol. The van der Waals surface area contributed by atoms with Gasteiger partial charge < -0.3 is 4.90 Å². The molecule has 1 aliphatic rings. The third-order valence-electron chi connectivity index (χ3n) is 4.05. The normalized spacial score (nSPS) is 17.1. The molecule has 116 valence electrons. The number of hydrogen-bond acceptors (Lipinski definition) is 1. The Labute approximate surface area is 137 Å². The Kier molecular flexibility index (Phi) is 5.21. The van der Waals surface area contributed by atoms with Gasteiger partial charge in [-0.15, -0.1) is 0 Å². The van der Waals surface area contributed by atoms with Crippen molar-refractivity contribution in [2.24, 2.45) is 11.3 Å². The minimum atomic E-state index is -0.281. The average Bonchev–Trinajstić information content (AvgIpc) is 2.42. The van der Waals surface area contributed by atoms with E-state index in [1.165, 1.54) is 5.56 Å². The molecule has 1 amide bonds. The zero-order valence-electron chi connectivity index (χ0n) is 13.0. The average molecular weight is 328 g/mol. The van der Waals surface area contributed by atoms with Crippen molar-refractivity contribution < 1.29 is 4.79 Å². The molecule has 1 heterocycles. The lowest BCUT2D eigenvalue weighted by Crippen LogP contribution is -2.44. The van der Waals surface area contributed by atoms with E-state index in [1.54, 1.807) is 0 Å². The molecule has 0 N–H and O–H groups in total. The van der Waals surface area contributed by atoms with E-state index in [9.17, 15) is 4.79 Å². The highest BCUT2D eigenvalue weighted by molar-refractivity contribution is 6.42. The van der Waals surface area contributed by atoms with E-state index in [1.807, 2.05) is 43.9 Å². The number of benzene rings is 1. The summed E-state index contributed by atoms with van der Waals surface area (Å²) in [6.45, 7) is 7.68.